The zero-order valence-electron chi connectivity index (χ0n) is 20.1. The summed E-state index contributed by atoms with van der Waals surface area (Å²) in [4.78, 5) is 11.9. The van der Waals surface area contributed by atoms with Crippen LogP contribution in [0.2, 0.25) is 0 Å². The second kappa shape index (κ2) is 11.4. The van der Waals surface area contributed by atoms with Gasteiger partial charge in [0.25, 0.3) is 0 Å². The summed E-state index contributed by atoms with van der Waals surface area (Å²) in [7, 11) is 1.20. The first-order chi connectivity index (χ1) is 18.3. The molecule has 11 heteroatoms. The lowest BCUT2D eigenvalue weighted by Crippen LogP contribution is -2.06. The number of nitrogens with zero attached hydrogens (tertiary/aromatic N) is 2. The van der Waals surface area contributed by atoms with E-state index in [9.17, 15) is 27.5 Å². The maximum Gasteiger partial charge on any atom is 0.343 e. The number of methoxy groups -OCH3 is 1. The van der Waals surface area contributed by atoms with E-state index in [1.165, 1.54) is 19.2 Å². The molecule has 6 rings (SSSR count). The van der Waals surface area contributed by atoms with E-state index in [2.05, 4.69) is 15.1 Å². The zero-order valence-corrected chi connectivity index (χ0v) is 20.1. The average Bonchev–Trinajstić information content (AvgIpc) is 3.84. The molecule has 0 aliphatic heterocycles. The molecule has 2 saturated carbocycles. The molecule has 2 aromatic heterocycles. The summed E-state index contributed by atoms with van der Waals surface area (Å²) in [6.07, 6.45) is 3.64. The molecule has 0 bridgehead atoms. The van der Waals surface area contributed by atoms with Crippen molar-refractivity contribution >= 4 is 5.97 Å². The number of hydrogen-bond acceptors (Lipinski definition) is 7. The van der Waals surface area contributed by atoms with Crippen molar-refractivity contribution in [2.75, 3.05) is 7.11 Å². The number of rotatable bonds is 6. The fourth-order valence-electron chi connectivity index (χ4n) is 4.18. The third-order valence-corrected chi connectivity index (χ3v) is 6.38. The topological polar surface area (TPSA) is 98.6 Å². The monoisotopic (exact) mass is 546 g/mol. The second-order valence-electron chi connectivity index (χ2n) is 9.04. The Bertz CT molecular complexity index is 1450. The first-order valence-corrected chi connectivity index (χ1v) is 11.9. The molecule has 206 valence electrons. The van der Waals surface area contributed by atoms with E-state index < -0.39 is 29.2 Å². The quantitative estimate of drug-likeness (QED) is 0.207. The first kappa shape index (κ1) is 28.0. The van der Waals surface area contributed by atoms with Crippen molar-refractivity contribution in [3.8, 4) is 22.5 Å². The van der Waals surface area contributed by atoms with Gasteiger partial charge in [-0.2, -0.15) is 0 Å². The van der Waals surface area contributed by atoms with Crippen LogP contribution in [0.5, 0.6) is 0 Å². The molecule has 1 N–H and O–H groups in total. The van der Waals surface area contributed by atoms with Gasteiger partial charge in [-0.25, -0.2) is 22.4 Å². The number of carbonyl (C=O) groups excluding carboxylic acids is 1. The SMILES string of the molecule is C.COC(=O)c1c(-c2c(F)cccc2F)noc1C1CC1.OCc1c(-c2c(F)cccc2F)noc1C1CC1. The Morgan fingerprint density at radius 2 is 1.28 bits per heavy atom. The number of aliphatic hydroxyl groups excluding tert-OH is 1. The normalized spacial score (nSPS) is 14.3. The van der Waals surface area contributed by atoms with E-state index in [0.29, 0.717) is 17.1 Å². The number of carbonyl (C=O) groups is 1. The lowest BCUT2D eigenvalue weighted by molar-refractivity contribution is 0.0599. The highest BCUT2D eigenvalue weighted by Crippen LogP contribution is 2.45. The van der Waals surface area contributed by atoms with E-state index in [0.717, 1.165) is 49.9 Å². The maximum absolute atomic E-state index is 13.8. The van der Waals surface area contributed by atoms with Crippen LogP contribution in [0.15, 0.2) is 45.4 Å². The third-order valence-electron chi connectivity index (χ3n) is 6.38. The molecule has 2 heterocycles. The summed E-state index contributed by atoms with van der Waals surface area (Å²) in [5.74, 6) is -2.53. The van der Waals surface area contributed by atoms with Gasteiger partial charge in [0.1, 0.15) is 46.0 Å². The minimum atomic E-state index is -0.800. The van der Waals surface area contributed by atoms with E-state index in [4.69, 9.17) is 9.05 Å². The molecule has 2 aromatic carbocycles. The highest BCUT2D eigenvalue weighted by Gasteiger charge is 2.37. The summed E-state index contributed by atoms with van der Waals surface area (Å²) >= 11 is 0. The molecule has 0 saturated heterocycles. The summed E-state index contributed by atoms with van der Waals surface area (Å²) in [5.41, 5.74) is -0.286. The molecule has 2 fully saturated rings. The fourth-order valence-corrected chi connectivity index (χ4v) is 4.18. The van der Waals surface area contributed by atoms with Gasteiger partial charge in [-0.15, -0.1) is 0 Å². The van der Waals surface area contributed by atoms with Crippen molar-refractivity contribution in [2.45, 2.75) is 51.6 Å². The molecule has 0 unspecified atom stereocenters. The standard InChI is InChI=1S/C14H11F2NO3.C13H11F2NO2.CH4/c1-19-14(18)11-12(17-20-13(11)7-5-6-7)10-8(15)3-2-4-9(10)16;14-9-2-1-3-10(15)11(9)12-8(6-17)13(18-16-12)7-4-5-7;/h2-4,7H,5-6H2,1H3;1-3,7,17H,4-6H2;1H4. The molecule has 2 aliphatic rings. The van der Waals surface area contributed by atoms with Gasteiger partial charge in [-0.05, 0) is 49.9 Å². The Morgan fingerprint density at radius 3 is 1.74 bits per heavy atom. The minimum Gasteiger partial charge on any atom is -0.465 e. The highest BCUT2D eigenvalue weighted by atomic mass is 19.1. The Kier molecular flexibility index (Phi) is 8.19. The zero-order chi connectivity index (χ0) is 27.0. The lowest BCUT2D eigenvalue weighted by atomic mass is 10.0. The molecule has 0 spiro atoms. The molecular formula is C28H26F4N2O5. The number of benzene rings is 2. The van der Waals surface area contributed by atoms with E-state index in [1.807, 2.05) is 0 Å². The number of aliphatic hydroxyl groups is 1. The Morgan fingerprint density at radius 1 is 0.846 bits per heavy atom. The Balaban J connectivity index is 0.000000177. The van der Waals surface area contributed by atoms with E-state index in [-0.39, 0.29) is 53.9 Å². The molecule has 39 heavy (non-hydrogen) atoms. The smallest absolute Gasteiger partial charge is 0.343 e. The third kappa shape index (κ3) is 5.44. The number of aromatic nitrogens is 2. The lowest BCUT2D eigenvalue weighted by Gasteiger charge is -2.04. The van der Waals surface area contributed by atoms with Crippen LogP contribution in [0.3, 0.4) is 0 Å². The van der Waals surface area contributed by atoms with Crippen molar-refractivity contribution in [3.05, 3.63) is 82.3 Å². The molecule has 4 aromatic rings. The van der Waals surface area contributed by atoms with Crippen LogP contribution in [-0.2, 0) is 11.3 Å². The van der Waals surface area contributed by atoms with Crippen molar-refractivity contribution in [2.24, 2.45) is 0 Å². The van der Waals surface area contributed by atoms with Gasteiger partial charge in [0.05, 0.1) is 24.8 Å². The Labute approximate surface area is 221 Å². The Hall–Kier alpha value is -3.99. The van der Waals surface area contributed by atoms with Gasteiger partial charge in [-0.3, -0.25) is 0 Å². The molecule has 0 radical (unpaired) electrons. The van der Waals surface area contributed by atoms with Gasteiger partial charge in [0.15, 0.2) is 5.76 Å². The molecule has 2 aliphatic carbocycles. The predicted molar refractivity (Wildman–Crippen MR) is 132 cm³/mol. The summed E-state index contributed by atoms with van der Waals surface area (Å²) in [6.45, 7) is -0.335. The summed E-state index contributed by atoms with van der Waals surface area (Å²) < 4.78 is 69.9. The van der Waals surface area contributed by atoms with Crippen LogP contribution in [-0.4, -0.2) is 28.5 Å². The number of ether oxygens (including phenoxy) is 1. The maximum atomic E-state index is 13.8. The second-order valence-corrected chi connectivity index (χ2v) is 9.04. The molecule has 7 nitrogen and oxygen atoms in total. The van der Waals surface area contributed by atoms with E-state index in [1.54, 1.807) is 0 Å². The van der Waals surface area contributed by atoms with Crippen LogP contribution in [0, 0.1) is 23.3 Å². The van der Waals surface area contributed by atoms with Crippen LogP contribution in [0.1, 0.15) is 72.4 Å². The van der Waals surface area contributed by atoms with Gasteiger partial charge >= 0.3 is 5.97 Å². The summed E-state index contributed by atoms with van der Waals surface area (Å²) in [5, 5.41) is 16.8. The van der Waals surface area contributed by atoms with Crippen molar-refractivity contribution < 1.29 is 41.2 Å². The van der Waals surface area contributed by atoms with Gasteiger partial charge in [0.2, 0.25) is 0 Å². The van der Waals surface area contributed by atoms with Crippen molar-refractivity contribution in [1.29, 1.82) is 0 Å². The largest absolute Gasteiger partial charge is 0.465 e. The van der Waals surface area contributed by atoms with Crippen LogP contribution in [0.4, 0.5) is 17.6 Å². The van der Waals surface area contributed by atoms with E-state index >= 15 is 0 Å². The predicted octanol–water partition coefficient (Wildman–Crippen LogP) is 6.91. The number of halogens is 4. The number of hydrogen-bond donors (Lipinski definition) is 1. The van der Waals surface area contributed by atoms with Crippen LogP contribution < -0.4 is 0 Å². The molecule has 0 atom stereocenters. The minimum absolute atomic E-state index is 0. The van der Waals surface area contributed by atoms with Crippen LogP contribution >= 0.6 is 0 Å². The fraction of sp³-hybridized carbons (Fsp3) is 0.321. The van der Waals surface area contributed by atoms with Gasteiger partial charge in [0, 0.05) is 17.4 Å². The van der Waals surface area contributed by atoms with Crippen molar-refractivity contribution in [3.63, 3.8) is 0 Å². The average molecular weight is 547 g/mol. The summed E-state index contributed by atoms with van der Waals surface area (Å²) in [6, 6.07) is 7.05. The van der Waals surface area contributed by atoms with Crippen LogP contribution in [0.25, 0.3) is 22.5 Å². The van der Waals surface area contributed by atoms with Gasteiger partial charge < -0.3 is 18.9 Å². The number of esters is 1. The first-order valence-electron chi connectivity index (χ1n) is 11.9. The highest BCUT2D eigenvalue weighted by molar-refractivity contribution is 5.97. The molecular weight excluding hydrogens is 520 g/mol. The molecule has 0 amide bonds. The van der Waals surface area contributed by atoms with Gasteiger partial charge in [-0.1, -0.05) is 29.9 Å². The van der Waals surface area contributed by atoms with Crippen molar-refractivity contribution in [1.82, 2.24) is 10.3 Å².